The number of hydrogen-bond donors (Lipinski definition) is 1. The molecule has 1 aromatic carbocycles. The van der Waals surface area contributed by atoms with Gasteiger partial charge >= 0.3 is 0 Å². The summed E-state index contributed by atoms with van der Waals surface area (Å²) in [5.74, 6) is 0.226. The first-order chi connectivity index (χ1) is 8.24. The fourth-order valence-corrected chi connectivity index (χ4v) is 1.73. The van der Waals surface area contributed by atoms with Crippen LogP contribution in [0.1, 0.15) is 12.0 Å². The molecule has 1 aromatic rings. The predicted octanol–water partition coefficient (Wildman–Crippen LogP) is 1.52. The van der Waals surface area contributed by atoms with Gasteiger partial charge in [0.25, 0.3) is 0 Å². The summed E-state index contributed by atoms with van der Waals surface area (Å²) >= 11 is 0. The molecule has 0 atom stereocenters. The summed E-state index contributed by atoms with van der Waals surface area (Å²) in [6.45, 7) is 1.99. The topological polar surface area (TPSA) is 38.3 Å². The van der Waals surface area contributed by atoms with Crippen molar-refractivity contribution in [3.05, 3.63) is 35.6 Å². The van der Waals surface area contributed by atoms with Gasteiger partial charge in [0.1, 0.15) is 5.82 Å². The van der Waals surface area contributed by atoms with Crippen molar-refractivity contribution in [3.8, 4) is 0 Å². The van der Waals surface area contributed by atoms with E-state index in [1.54, 1.807) is 12.1 Å². The molecule has 0 spiro atoms. The van der Waals surface area contributed by atoms with Crippen molar-refractivity contribution in [2.45, 2.75) is 12.8 Å². The normalized spacial score (nSPS) is 15.4. The summed E-state index contributed by atoms with van der Waals surface area (Å²) in [6, 6.07) is 6.34. The van der Waals surface area contributed by atoms with Gasteiger partial charge in [-0.05, 0) is 24.1 Å². The lowest BCUT2D eigenvalue weighted by Gasteiger charge is -2.25. The number of carbonyl (C=O) groups is 1. The van der Waals surface area contributed by atoms with E-state index in [1.807, 2.05) is 0 Å². The molecule has 1 saturated heterocycles. The van der Waals surface area contributed by atoms with Gasteiger partial charge in [0.05, 0.1) is 13.2 Å². The Morgan fingerprint density at radius 1 is 1.35 bits per heavy atom. The number of benzene rings is 1. The Kier molecular flexibility index (Phi) is 4.09. The molecule has 0 unspecified atom stereocenters. The number of rotatable bonds is 5. The minimum Gasteiger partial charge on any atom is -0.381 e. The van der Waals surface area contributed by atoms with Gasteiger partial charge < -0.3 is 10.1 Å². The SMILES string of the molecule is O=C(CC1COC1)NCCc1ccc(F)cc1. The van der Waals surface area contributed by atoms with E-state index in [0.29, 0.717) is 32.1 Å². The maximum Gasteiger partial charge on any atom is 0.220 e. The number of carbonyl (C=O) groups excluding carboxylic acids is 1. The summed E-state index contributed by atoms with van der Waals surface area (Å²) in [6.07, 6.45) is 1.27. The molecular weight excluding hydrogens is 221 g/mol. The maximum atomic E-state index is 12.6. The Morgan fingerprint density at radius 2 is 2.06 bits per heavy atom. The van der Waals surface area contributed by atoms with Crippen LogP contribution in [0.5, 0.6) is 0 Å². The van der Waals surface area contributed by atoms with Gasteiger partial charge in [0, 0.05) is 18.9 Å². The third kappa shape index (κ3) is 3.82. The molecule has 92 valence electrons. The van der Waals surface area contributed by atoms with Gasteiger partial charge in [0.15, 0.2) is 0 Å². The van der Waals surface area contributed by atoms with Gasteiger partial charge in [-0.3, -0.25) is 4.79 Å². The Labute approximate surface area is 100.0 Å². The van der Waals surface area contributed by atoms with E-state index in [-0.39, 0.29) is 11.7 Å². The predicted molar refractivity (Wildman–Crippen MR) is 62.0 cm³/mol. The minimum absolute atomic E-state index is 0.0698. The molecule has 1 heterocycles. The Balaban J connectivity index is 1.64. The van der Waals surface area contributed by atoms with E-state index in [4.69, 9.17) is 4.74 Å². The molecule has 0 bridgehead atoms. The van der Waals surface area contributed by atoms with Crippen LogP contribution in [0.4, 0.5) is 4.39 Å². The molecule has 0 aromatic heterocycles. The highest BCUT2D eigenvalue weighted by Gasteiger charge is 2.21. The zero-order chi connectivity index (χ0) is 12.1. The van der Waals surface area contributed by atoms with Gasteiger partial charge in [-0.25, -0.2) is 4.39 Å². The van der Waals surface area contributed by atoms with Crippen molar-refractivity contribution in [1.29, 1.82) is 0 Å². The van der Waals surface area contributed by atoms with Gasteiger partial charge in [0.2, 0.25) is 5.91 Å². The second-order valence-electron chi connectivity index (χ2n) is 4.33. The maximum absolute atomic E-state index is 12.6. The summed E-state index contributed by atoms with van der Waals surface area (Å²) in [4.78, 5) is 11.5. The van der Waals surface area contributed by atoms with Crippen LogP contribution in [-0.4, -0.2) is 25.7 Å². The quantitative estimate of drug-likeness (QED) is 0.843. The Hall–Kier alpha value is -1.42. The largest absolute Gasteiger partial charge is 0.381 e. The minimum atomic E-state index is -0.234. The van der Waals surface area contributed by atoms with Gasteiger partial charge in [-0.15, -0.1) is 0 Å². The first kappa shape index (κ1) is 12.0. The Morgan fingerprint density at radius 3 is 2.65 bits per heavy atom. The lowest BCUT2D eigenvalue weighted by Crippen LogP contribution is -2.35. The van der Waals surface area contributed by atoms with Crippen LogP contribution in [0, 0.1) is 11.7 Å². The van der Waals surface area contributed by atoms with Crippen LogP contribution in [0.15, 0.2) is 24.3 Å². The highest BCUT2D eigenvalue weighted by molar-refractivity contribution is 5.76. The third-order valence-corrected chi connectivity index (χ3v) is 2.83. The summed E-state index contributed by atoms with van der Waals surface area (Å²) in [5.41, 5.74) is 1.03. The average molecular weight is 237 g/mol. The third-order valence-electron chi connectivity index (χ3n) is 2.83. The van der Waals surface area contributed by atoms with Crippen LogP contribution in [0.25, 0.3) is 0 Å². The van der Waals surface area contributed by atoms with Crippen LogP contribution < -0.4 is 5.32 Å². The molecule has 0 aliphatic carbocycles. The number of amides is 1. The summed E-state index contributed by atoms with van der Waals surface area (Å²) in [5, 5.41) is 2.86. The van der Waals surface area contributed by atoms with E-state index >= 15 is 0 Å². The molecule has 1 N–H and O–H groups in total. The standard InChI is InChI=1S/C13H16FNO2/c14-12-3-1-10(2-4-12)5-6-15-13(16)7-11-8-17-9-11/h1-4,11H,5-9H2,(H,15,16). The number of halogens is 1. The highest BCUT2D eigenvalue weighted by atomic mass is 19.1. The highest BCUT2D eigenvalue weighted by Crippen LogP contribution is 2.13. The lowest BCUT2D eigenvalue weighted by molar-refractivity contribution is -0.126. The van der Waals surface area contributed by atoms with Crippen LogP contribution in [0.3, 0.4) is 0 Å². The van der Waals surface area contributed by atoms with Gasteiger partial charge in [-0.1, -0.05) is 12.1 Å². The van der Waals surface area contributed by atoms with Crippen molar-refractivity contribution in [3.63, 3.8) is 0 Å². The van der Waals surface area contributed by atoms with Crippen molar-refractivity contribution >= 4 is 5.91 Å². The molecule has 1 aliphatic heterocycles. The van der Waals surface area contributed by atoms with E-state index in [2.05, 4.69) is 5.32 Å². The second-order valence-corrected chi connectivity index (χ2v) is 4.33. The molecular formula is C13H16FNO2. The monoisotopic (exact) mass is 237 g/mol. The molecule has 3 nitrogen and oxygen atoms in total. The molecule has 1 amide bonds. The van der Waals surface area contributed by atoms with E-state index in [1.165, 1.54) is 12.1 Å². The van der Waals surface area contributed by atoms with Crippen molar-refractivity contribution in [2.24, 2.45) is 5.92 Å². The second kappa shape index (κ2) is 5.77. The van der Waals surface area contributed by atoms with Crippen molar-refractivity contribution in [1.82, 2.24) is 5.32 Å². The van der Waals surface area contributed by atoms with E-state index in [0.717, 1.165) is 12.0 Å². The van der Waals surface area contributed by atoms with E-state index in [9.17, 15) is 9.18 Å². The average Bonchev–Trinajstić information content (AvgIpc) is 2.26. The Bertz CT molecular complexity index is 374. The number of nitrogens with one attached hydrogen (secondary N) is 1. The number of ether oxygens (including phenoxy) is 1. The summed E-state index contributed by atoms with van der Waals surface area (Å²) in [7, 11) is 0. The fraction of sp³-hybridized carbons (Fsp3) is 0.462. The summed E-state index contributed by atoms with van der Waals surface area (Å²) < 4.78 is 17.6. The van der Waals surface area contributed by atoms with Gasteiger partial charge in [-0.2, -0.15) is 0 Å². The first-order valence-corrected chi connectivity index (χ1v) is 5.83. The molecule has 2 rings (SSSR count). The zero-order valence-electron chi connectivity index (χ0n) is 9.62. The molecule has 4 heteroatoms. The van der Waals surface area contributed by atoms with Crippen LogP contribution >= 0.6 is 0 Å². The van der Waals surface area contributed by atoms with Crippen LogP contribution in [-0.2, 0) is 16.0 Å². The van der Waals surface area contributed by atoms with E-state index < -0.39 is 0 Å². The van der Waals surface area contributed by atoms with Crippen LogP contribution in [0.2, 0.25) is 0 Å². The lowest BCUT2D eigenvalue weighted by atomic mass is 10.0. The molecule has 1 aliphatic rings. The smallest absolute Gasteiger partial charge is 0.220 e. The first-order valence-electron chi connectivity index (χ1n) is 5.83. The molecule has 0 radical (unpaired) electrons. The number of hydrogen-bond acceptors (Lipinski definition) is 2. The zero-order valence-corrected chi connectivity index (χ0v) is 9.62. The fourth-order valence-electron chi connectivity index (χ4n) is 1.73. The molecule has 17 heavy (non-hydrogen) atoms. The molecule has 0 saturated carbocycles. The van der Waals surface area contributed by atoms with Crippen molar-refractivity contribution in [2.75, 3.05) is 19.8 Å². The molecule has 1 fully saturated rings. The van der Waals surface area contributed by atoms with Crippen molar-refractivity contribution < 1.29 is 13.9 Å².